The maximum atomic E-state index is 6.20. The molecule has 0 aliphatic carbocycles. The predicted molar refractivity (Wildman–Crippen MR) is 75.1 cm³/mol. The predicted octanol–water partition coefficient (Wildman–Crippen LogP) is 2.83. The van der Waals surface area contributed by atoms with E-state index in [1.807, 2.05) is 18.2 Å². The molecule has 0 heterocycles. The number of halogens is 1. The summed E-state index contributed by atoms with van der Waals surface area (Å²) in [6.45, 7) is 4.90. The molecule has 0 saturated heterocycles. The molecular formula is C13H21BrN2O. The molecule has 0 saturated carbocycles. The van der Waals surface area contributed by atoms with Gasteiger partial charge in [0.25, 0.3) is 0 Å². The molecule has 0 fully saturated rings. The van der Waals surface area contributed by atoms with Crippen molar-refractivity contribution in [3.8, 4) is 5.75 Å². The number of nitrogens with two attached hydrogens (primary N) is 2. The largest absolute Gasteiger partial charge is 0.496 e. The molecule has 3 nitrogen and oxygen atoms in total. The summed E-state index contributed by atoms with van der Waals surface area (Å²) >= 11 is 3.47. The zero-order chi connectivity index (χ0) is 13.1. The molecule has 0 aliphatic heterocycles. The third-order valence-electron chi connectivity index (χ3n) is 2.93. The van der Waals surface area contributed by atoms with E-state index < -0.39 is 0 Å². The van der Waals surface area contributed by atoms with Crippen LogP contribution in [-0.2, 0) is 0 Å². The van der Waals surface area contributed by atoms with E-state index in [0.717, 1.165) is 22.2 Å². The lowest BCUT2D eigenvalue weighted by Crippen LogP contribution is -2.28. The Labute approximate surface area is 112 Å². The van der Waals surface area contributed by atoms with Crippen LogP contribution in [0, 0.1) is 5.41 Å². The molecule has 1 atom stereocenters. The number of hydrogen-bond donors (Lipinski definition) is 2. The van der Waals surface area contributed by atoms with Crippen LogP contribution >= 0.6 is 15.9 Å². The number of ether oxygens (including phenoxy) is 1. The fourth-order valence-electron chi connectivity index (χ4n) is 1.71. The van der Waals surface area contributed by atoms with Gasteiger partial charge in [-0.25, -0.2) is 0 Å². The molecule has 1 rings (SSSR count). The van der Waals surface area contributed by atoms with Gasteiger partial charge in [0.2, 0.25) is 0 Å². The maximum absolute atomic E-state index is 6.20. The van der Waals surface area contributed by atoms with Crippen LogP contribution in [0.1, 0.15) is 31.9 Å². The number of methoxy groups -OCH3 is 1. The SMILES string of the molecule is COc1ccc(C(N)CC(C)(C)CN)cc1Br. The molecule has 0 spiro atoms. The van der Waals surface area contributed by atoms with Crippen LogP contribution in [0.2, 0.25) is 0 Å². The van der Waals surface area contributed by atoms with Crippen LogP contribution in [0.4, 0.5) is 0 Å². The quantitative estimate of drug-likeness (QED) is 0.879. The van der Waals surface area contributed by atoms with Crippen molar-refractivity contribution in [2.45, 2.75) is 26.3 Å². The first-order valence-electron chi connectivity index (χ1n) is 5.69. The highest BCUT2D eigenvalue weighted by Gasteiger charge is 2.21. The highest BCUT2D eigenvalue weighted by atomic mass is 79.9. The summed E-state index contributed by atoms with van der Waals surface area (Å²) in [6, 6.07) is 5.93. The molecule has 4 heteroatoms. The van der Waals surface area contributed by atoms with Gasteiger partial charge in [-0.3, -0.25) is 0 Å². The van der Waals surface area contributed by atoms with Crippen LogP contribution in [0.5, 0.6) is 5.75 Å². The first-order valence-corrected chi connectivity index (χ1v) is 6.48. The third kappa shape index (κ3) is 3.98. The highest BCUT2D eigenvalue weighted by molar-refractivity contribution is 9.10. The molecule has 0 aromatic heterocycles. The summed E-state index contributed by atoms with van der Waals surface area (Å²) in [6.07, 6.45) is 0.863. The van der Waals surface area contributed by atoms with Gasteiger partial charge in [-0.05, 0) is 52.0 Å². The molecule has 1 unspecified atom stereocenters. The van der Waals surface area contributed by atoms with Gasteiger partial charge in [0.05, 0.1) is 11.6 Å². The average molecular weight is 301 g/mol. The Balaban J connectivity index is 2.83. The zero-order valence-corrected chi connectivity index (χ0v) is 12.3. The van der Waals surface area contributed by atoms with Gasteiger partial charge in [-0.2, -0.15) is 0 Å². The first kappa shape index (κ1) is 14.5. The number of benzene rings is 1. The van der Waals surface area contributed by atoms with Crippen molar-refractivity contribution in [2.24, 2.45) is 16.9 Å². The maximum Gasteiger partial charge on any atom is 0.133 e. The molecule has 0 radical (unpaired) electrons. The summed E-state index contributed by atoms with van der Waals surface area (Å²) in [4.78, 5) is 0. The van der Waals surface area contributed by atoms with Crippen LogP contribution in [0.15, 0.2) is 22.7 Å². The molecule has 17 heavy (non-hydrogen) atoms. The Morgan fingerprint density at radius 2 is 2.06 bits per heavy atom. The van der Waals surface area contributed by atoms with Crippen molar-refractivity contribution in [3.05, 3.63) is 28.2 Å². The van der Waals surface area contributed by atoms with Gasteiger partial charge in [0.15, 0.2) is 0 Å². The van der Waals surface area contributed by atoms with E-state index in [4.69, 9.17) is 16.2 Å². The van der Waals surface area contributed by atoms with Gasteiger partial charge < -0.3 is 16.2 Å². The third-order valence-corrected chi connectivity index (χ3v) is 3.55. The Hall–Kier alpha value is -0.580. The monoisotopic (exact) mass is 300 g/mol. The minimum Gasteiger partial charge on any atom is -0.496 e. The summed E-state index contributed by atoms with van der Waals surface area (Å²) in [7, 11) is 1.65. The van der Waals surface area contributed by atoms with E-state index in [1.54, 1.807) is 7.11 Å². The summed E-state index contributed by atoms with van der Waals surface area (Å²) in [5.74, 6) is 0.819. The van der Waals surface area contributed by atoms with Crippen molar-refractivity contribution < 1.29 is 4.74 Å². The van der Waals surface area contributed by atoms with Crippen molar-refractivity contribution in [2.75, 3.05) is 13.7 Å². The Morgan fingerprint density at radius 1 is 1.41 bits per heavy atom. The minimum absolute atomic E-state index is 0.00393. The fraction of sp³-hybridized carbons (Fsp3) is 0.538. The second-order valence-electron chi connectivity index (χ2n) is 5.07. The smallest absolute Gasteiger partial charge is 0.133 e. The Kier molecular flexibility index (Phi) is 4.98. The summed E-state index contributed by atoms with van der Waals surface area (Å²) in [5, 5.41) is 0. The van der Waals surface area contributed by atoms with Crippen LogP contribution in [0.3, 0.4) is 0 Å². The average Bonchev–Trinajstić information content (AvgIpc) is 2.28. The normalized spacial score (nSPS) is 13.5. The molecule has 96 valence electrons. The van der Waals surface area contributed by atoms with E-state index in [2.05, 4.69) is 29.8 Å². The summed E-state index contributed by atoms with van der Waals surface area (Å²) in [5.41, 5.74) is 13.1. The molecular weight excluding hydrogens is 280 g/mol. The highest BCUT2D eigenvalue weighted by Crippen LogP contribution is 2.32. The van der Waals surface area contributed by atoms with Gasteiger partial charge in [-0.15, -0.1) is 0 Å². The van der Waals surface area contributed by atoms with Gasteiger partial charge in [0.1, 0.15) is 5.75 Å². The lowest BCUT2D eigenvalue weighted by molar-refractivity contribution is 0.317. The molecule has 1 aromatic carbocycles. The van der Waals surface area contributed by atoms with Crippen LogP contribution in [-0.4, -0.2) is 13.7 Å². The zero-order valence-electron chi connectivity index (χ0n) is 10.7. The van der Waals surface area contributed by atoms with E-state index in [-0.39, 0.29) is 11.5 Å². The second-order valence-corrected chi connectivity index (χ2v) is 5.93. The molecule has 0 bridgehead atoms. The molecule has 0 amide bonds. The molecule has 1 aromatic rings. The van der Waals surface area contributed by atoms with Gasteiger partial charge in [0, 0.05) is 6.04 Å². The van der Waals surface area contributed by atoms with Crippen LogP contribution < -0.4 is 16.2 Å². The number of rotatable bonds is 5. The Morgan fingerprint density at radius 3 is 2.53 bits per heavy atom. The number of hydrogen-bond acceptors (Lipinski definition) is 3. The topological polar surface area (TPSA) is 61.3 Å². The van der Waals surface area contributed by atoms with Crippen molar-refractivity contribution in [3.63, 3.8) is 0 Å². The minimum atomic E-state index is -0.00393. The first-order chi connectivity index (χ1) is 7.89. The summed E-state index contributed by atoms with van der Waals surface area (Å²) < 4.78 is 6.12. The van der Waals surface area contributed by atoms with Crippen LogP contribution in [0.25, 0.3) is 0 Å². The fourth-order valence-corrected chi connectivity index (χ4v) is 2.27. The van der Waals surface area contributed by atoms with Crippen molar-refractivity contribution in [1.82, 2.24) is 0 Å². The second kappa shape index (κ2) is 5.85. The van der Waals surface area contributed by atoms with E-state index in [9.17, 15) is 0 Å². The van der Waals surface area contributed by atoms with E-state index in [1.165, 1.54) is 0 Å². The van der Waals surface area contributed by atoms with E-state index >= 15 is 0 Å². The molecule has 4 N–H and O–H groups in total. The lowest BCUT2D eigenvalue weighted by Gasteiger charge is -2.26. The van der Waals surface area contributed by atoms with Gasteiger partial charge >= 0.3 is 0 Å². The van der Waals surface area contributed by atoms with Crippen molar-refractivity contribution >= 4 is 15.9 Å². The van der Waals surface area contributed by atoms with E-state index in [0.29, 0.717) is 6.54 Å². The lowest BCUT2D eigenvalue weighted by atomic mass is 9.84. The Bertz CT molecular complexity index is 380. The standard InChI is InChI=1S/C13H21BrN2O/c1-13(2,8-15)7-11(16)9-4-5-12(17-3)10(14)6-9/h4-6,11H,7-8,15-16H2,1-3H3. The van der Waals surface area contributed by atoms with Gasteiger partial charge in [-0.1, -0.05) is 19.9 Å². The van der Waals surface area contributed by atoms with Crippen molar-refractivity contribution in [1.29, 1.82) is 0 Å². The molecule has 0 aliphatic rings.